The largest absolute Gasteiger partial charge is 0.344 e. The summed E-state index contributed by atoms with van der Waals surface area (Å²) in [4.78, 5) is 16.3. The number of amides is 1. The van der Waals surface area contributed by atoms with Crippen molar-refractivity contribution in [3.63, 3.8) is 0 Å². The van der Waals surface area contributed by atoms with Crippen molar-refractivity contribution in [3.05, 3.63) is 39.8 Å². The van der Waals surface area contributed by atoms with Gasteiger partial charge < -0.3 is 9.88 Å². The molecule has 0 saturated heterocycles. The molecule has 1 N–H and O–H groups in total. The zero-order valence-corrected chi connectivity index (χ0v) is 18.1. The highest BCUT2D eigenvalue weighted by Crippen LogP contribution is 2.53. The van der Waals surface area contributed by atoms with Gasteiger partial charge in [-0.25, -0.2) is 22.2 Å². The first-order chi connectivity index (χ1) is 12.8. The van der Waals surface area contributed by atoms with Crippen LogP contribution in [0.4, 0.5) is 14.5 Å². The number of carbonyl (C=O) groups is 1. The zero-order chi connectivity index (χ0) is 20.9. The lowest BCUT2D eigenvalue weighted by atomic mass is 9.69. The molecule has 0 bridgehead atoms. The molecule has 0 aromatic carbocycles. The summed E-state index contributed by atoms with van der Waals surface area (Å²) in [5, 5.41) is 2.39. The van der Waals surface area contributed by atoms with E-state index in [0.717, 1.165) is 0 Å². The van der Waals surface area contributed by atoms with Gasteiger partial charge in [0.25, 0.3) is 5.91 Å². The number of rotatable bonds is 5. The van der Waals surface area contributed by atoms with E-state index in [1.54, 1.807) is 12.1 Å². The molecule has 0 spiro atoms. The number of hydrogen-bond acceptors (Lipinski definition) is 4. The van der Waals surface area contributed by atoms with Gasteiger partial charge in [-0.05, 0) is 33.5 Å². The summed E-state index contributed by atoms with van der Waals surface area (Å²) in [6.45, 7) is 1.51. The van der Waals surface area contributed by atoms with Crippen LogP contribution in [0.15, 0.2) is 34.0 Å². The number of nitrogens with zero attached hydrogens (tertiary/aromatic N) is 2. The number of pyridine rings is 1. The maximum Gasteiger partial charge on any atom is 0.273 e. The minimum atomic E-state index is -3.96. The smallest absolute Gasteiger partial charge is 0.273 e. The topological polar surface area (TPSA) is 81.1 Å². The summed E-state index contributed by atoms with van der Waals surface area (Å²) >= 11 is 9.41. The summed E-state index contributed by atoms with van der Waals surface area (Å²) in [5.74, 6) is -3.90. The highest BCUT2D eigenvalue weighted by Gasteiger charge is 2.55. The maximum absolute atomic E-state index is 13.2. The molecule has 1 aliphatic carbocycles. The van der Waals surface area contributed by atoms with Crippen LogP contribution in [-0.2, 0) is 16.9 Å². The predicted molar refractivity (Wildman–Crippen MR) is 105 cm³/mol. The van der Waals surface area contributed by atoms with E-state index in [-0.39, 0.29) is 15.6 Å². The predicted octanol–water partition coefficient (Wildman–Crippen LogP) is 4.30. The van der Waals surface area contributed by atoms with Crippen molar-refractivity contribution in [1.82, 2.24) is 9.55 Å². The van der Waals surface area contributed by atoms with E-state index < -0.39 is 45.7 Å². The number of sulfone groups is 1. The fourth-order valence-corrected chi connectivity index (χ4v) is 6.50. The molecule has 1 fully saturated rings. The van der Waals surface area contributed by atoms with E-state index in [9.17, 15) is 22.0 Å². The first kappa shape index (κ1) is 21.2. The van der Waals surface area contributed by atoms with Crippen LogP contribution in [0.1, 0.15) is 30.3 Å². The Balaban J connectivity index is 1.86. The van der Waals surface area contributed by atoms with Gasteiger partial charge >= 0.3 is 0 Å². The molecular formula is C17H17BrClF2N3O3S. The fourth-order valence-electron chi connectivity index (χ4n) is 3.55. The molecule has 2 heterocycles. The summed E-state index contributed by atoms with van der Waals surface area (Å²) in [7, 11) is -2.47. The fraction of sp³-hybridized carbons (Fsp3) is 0.412. The number of halogens is 4. The maximum atomic E-state index is 13.2. The summed E-state index contributed by atoms with van der Waals surface area (Å²) in [6.07, 6.45) is 1.73. The lowest BCUT2D eigenvalue weighted by Crippen LogP contribution is -2.47. The Hall–Kier alpha value is -1.52. The minimum Gasteiger partial charge on any atom is -0.344 e. The molecule has 2 aromatic rings. The van der Waals surface area contributed by atoms with Crippen LogP contribution >= 0.6 is 27.5 Å². The van der Waals surface area contributed by atoms with E-state index >= 15 is 0 Å². The van der Waals surface area contributed by atoms with Gasteiger partial charge in [0.05, 0.1) is 10.8 Å². The van der Waals surface area contributed by atoms with Crippen LogP contribution in [0.2, 0.25) is 5.02 Å². The standard InChI is InChI=1S/C17H17BrClF2N3O3S/c1-16(7-17(20,21)8-16)9-28(26,27)11-6-24(2)14(13(11)19)15(25)23-10-3-4-22-12(18)5-10/h3-6H,7-9H2,1-2H3,(H,22,23,25). The number of nitrogens with one attached hydrogen (secondary N) is 1. The SMILES string of the molecule is Cn1cc(S(=O)(=O)CC2(C)CC(F)(F)C2)c(Cl)c1C(=O)Nc1ccnc(Br)c1. The van der Waals surface area contributed by atoms with Gasteiger partial charge in [-0.15, -0.1) is 0 Å². The van der Waals surface area contributed by atoms with Crippen LogP contribution in [0.3, 0.4) is 0 Å². The first-order valence-electron chi connectivity index (χ1n) is 8.20. The monoisotopic (exact) mass is 495 g/mol. The normalized spacial score (nSPS) is 17.8. The lowest BCUT2D eigenvalue weighted by Gasteiger charge is -2.44. The second-order valence-corrected chi connectivity index (χ2v) is 10.5. The number of anilines is 1. The Labute approximate surface area is 174 Å². The molecule has 2 aromatic heterocycles. The van der Waals surface area contributed by atoms with E-state index in [1.807, 2.05) is 0 Å². The number of aryl methyl sites for hydroxylation is 1. The molecule has 0 aliphatic heterocycles. The van der Waals surface area contributed by atoms with Gasteiger partial charge in [-0.1, -0.05) is 18.5 Å². The number of alkyl halides is 2. The first-order valence-corrected chi connectivity index (χ1v) is 11.0. The van der Waals surface area contributed by atoms with Crippen molar-refractivity contribution < 1.29 is 22.0 Å². The molecular weight excluding hydrogens is 480 g/mol. The van der Waals surface area contributed by atoms with Crippen LogP contribution in [0, 0.1) is 5.41 Å². The number of hydrogen-bond donors (Lipinski definition) is 1. The van der Waals surface area contributed by atoms with Crippen molar-refractivity contribution in [2.24, 2.45) is 12.5 Å². The Morgan fingerprint density at radius 3 is 2.64 bits per heavy atom. The van der Waals surface area contributed by atoms with Gasteiger partial charge in [0.2, 0.25) is 5.92 Å². The van der Waals surface area contributed by atoms with E-state index in [4.69, 9.17) is 11.6 Å². The molecule has 152 valence electrons. The second kappa shape index (κ2) is 7.07. The van der Waals surface area contributed by atoms with Crippen LogP contribution < -0.4 is 5.32 Å². The molecule has 0 radical (unpaired) electrons. The third-order valence-electron chi connectivity index (χ3n) is 4.53. The van der Waals surface area contributed by atoms with Crippen molar-refractivity contribution in [2.75, 3.05) is 11.1 Å². The van der Waals surface area contributed by atoms with Crippen LogP contribution in [0.25, 0.3) is 0 Å². The van der Waals surface area contributed by atoms with Gasteiger partial charge in [0.15, 0.2) is 9.84 Å². The highest BCUT2D eigenvalue weighted by molar-refractivity contribution is 9.10. The van der Waals surface area contributed by atoms with Crippen molar-refractivity contribution in [2.45, 2.75) is 30.6 Å². The van der Waals surface area contributed by atoms with Crippen molar-refractivity contribution in [3.8, 4) is 0 Å². The van der Waals surface area contributed by atoms with E-state index in [0.29, 0.717) is 10.3 Å². The van der Waals surface area contributed by atoms with Gasteiger partial charge in [-0.2, -0.15) is 0 Å². The molecule has 0 unspecified atom stereocenters. The molecule has 1 amide bonds. The Morgan fingerprint density at radius 1 is 1.43 bits per heavy atom. The number of carbonyl (C=O) groups excluding carboxylic acids is 1. The van der Waals surface area contributed by atoms with Gasteiger partial charge in [0, 0.05) is 38.0 Å². The Bertz CT molecular complexity index is 1050. The van der Waals surface area contributed by atoms with Crippen molar-refractivity contribution in [1.29, 1.82) is 0 Å². The molecule has 1 aliphatic rings. The van der Waals surface area contributed by atoms with Crippen molar-refractivity contribution >= 4 is 49.0 Å². The molecule has 1 saturated carbocycles. The third kappa shape index (κ3) is 4.23. The molecule has 11 heteroatoms. The molecule has 6 nitrogen and oxygen atoms in total. The summed E-state index contributed by atoms with van der Waals surface area (Å²) in [6, 6.07) is 3.14. The lowest BCUT2D eigenvalue weighted by molar-refractivity contribution is -0.144. The Morgan fingerprint density at radius 2 is 2.07 bits per heavy atom. The minimum absolute atomic E-state index is 0.0442. The van der Waals surface area contributed by atoms with Crippen LogP contribution in [0.5, 0.6) is 0 Å². The van der Waals surface area contributed by atoms with E-state index in [2.05, 4.69) is 26.2 Å². The average Bonchev–Trinajstić information content (AvgIpc) is 2.80. The third-order valence-corrected chi connectivity index (χ3v) is 7.52. The molecule has 3 rings (SSSR count). The summed E-state index contributed by atoms with van der Waals surface area (Å²) < 4.78 is 53.8. The highest BCUT2D eigenvalue weighted by atomic mass is 79.9. The van der Waals surface area contributed by atoms with Gasteiger partial charge in [0.1, 0.15) is 15.2 Å². The summed E-state index contributed by atoms with van der Waals surface area (Å²) in [5.41, 5.74) is -0.622. The number of aromatic nitrogens is 2. The zero-order valence-electron chi connectivity index (χ0n) is 15.0. The Kier molecular flexibility index (Phi) is 5.35. The van der Waals surface area contributed by atoms with E-state index in [1.165, 1.54) is 30.9 Å². The second-order valence-electron chi connectivity index (χ2n) is 7.37. The molecule has 28 heavy (non-hydrogen) atoms. The quantitative estimate of drug-likeness (QED) is 0.626. The van der Waals surface area contributed by atoms with Crippen LogP contribution in [-0.4, -0.2) is 35.6 Å². The average molecular weight is 497 g/mol. The molecule has 0 atom stereocenters. The van der Waals surface area contributed by atoms with Gasteiger partial charge in [-0.3, -0.25) is 4.79 Å².